The van der Waals surface area contributed by atoms with Crippen molar-refractivity contribution in [3.63, 3.8) is 0 Å². The van der Waals surface area contributed by atoms with Crippen molar-refractivity contribution in [2.75, 3.05) is 13.1 Å². The van der Waals surface area contributed by atoms with Crippen LogP contribution in [0.3, 0.4) is 0 Å². The molecule has 6 heteroatoms. The molecule has 0 aromatic carbocycles. The highest BCUT2D eigenvalue weighted by molar-refractivity contribution is 7.90. The first kappa shape index (κ1) is 14.2. The van der Waals surface area contributed by atoms with Crippen molar-refractivity contribution in [3.05, 3.63) is 24.2 Å². The van der Waals surface area contributed by atoms with E-state index in [-0.39, 0.29) is 6.04 Å². The summed E-state index contributed by atoms with van der Waals surface area (Å²) in [5.41, 5.74) is 0. The summed E-state index contributed by atoms with van der Waals surface area (Å²) in [5, 5.41) is 2.55. The third-order valence-electron chi connectivity index (χ3n) is 2.52. The van der Waals surface area contributed by atoms with Gasteiger partial charge in [0.15, 0.2) is 0 Å². The lowest BCUT2D eigenvalue weighted by Gasteiger charge is -2.17. The Morgan fingerprint density at radius 3 is 2.65 bits per heavy atom. The molecule has 2 atom stereocenters. The average Bonchev–Trinajstić information content (AvgIpc) is 2.78. The van der Waals surface area contributed by atoms with Gasteiger partial charge < -0.3 is 9.73 Å². The second-order valence-electron chi connectivity index (χ2n) is 4.02. The van der Waals surface area contributed by atoms with Crippen molar-refractivity contribution in [3.8, 4) is 0 Å². The van der Waals surface area contributed by atoms with Gasteiger partial charge in [-0.15, -0.1) is 0 Å². The molecular formula is C11H20N2O3S. The SMILES string of the molecule is CCNCC(C)S(=O)(=O)NC(C)c1ccco1. The Hall–Kier alpha value is -0.850. The number of hydrogen-bond acceptors (Lipinski definition) is 4. The van der Waals surface area contributed by atoms with E-state index in [1.54, 1.807) is 26.0 Å². The van der Waals surface area contributed by atoms with Gasteiger partial charge in [-0.25, -0.2) is 13.1 Å². The number of rotatable bonds is 7. The zero-order chi connectivity index (χ0) is 12.9. The molecule has 0 bridgehead atoms. The van der Waals surface area contributed by atoms with E-state index < -0.39 is 15.3 Å². The van der Waals surface area contributed by atoms with Gasteiger partial charge in [-0.3, -0.25) is 0 Å². The lowest BCUT2D eigenvalue weighted by molar-refractivity contribution is 0.457. The first-order chi connectivity index (χ1) is 7.97. The van der Waals surface area contributed by atoms with Crippen LogP contribution in [0.15, 0.2) is 22.8 Å². The molecule has 0 aliphatic carbocycles. The van der Waals surface area contributed by atoms with Crippen LogP contribution in [0.25, 0.3) is 0 Å². The molecule has 0 saturated heterocycles. The van der Waals surface area contributed by atoms with E-state index in [0.29, 0.717) is 12.3 Å². The fourth-order valence-corrected chi connectivity index (χ4v) is 2.59. The largest absolute Gasteiger partial charge is 0.468 e. The van der Waals surface area contributed by atoms with E-state index in [1.807, 2.05) is 6.92 Å². The van der Waals surface area contributed by atoms with Crippen LogP contribution in [-0.2, 0) is 10.0 Å². The maximum Gasteiger partial charge on any atom is 0.216 e. The molecule has 1 heterocycles. The quantitative estimate of drug-likeness (QED) is 0.774. The molecular weight excluding hydrogens is 240 g/mol. The van der Waals surface area contributed by atoms with E-state index in [2.05, 4.69) is 10.0 Å². The molecule has 5 nitrogen and oxygen atoms in total. The summed E-state index contributed by atoms with van der Waals surface area (Å²) in [6.45, 7) is 6.58. The van der Waals surface area contributed by atoms with E-state index >= 15 is 0 Å². The van der Waals surface area contributed by atoms with Gasteiger partial charge in [0.05, 0.1) is 17.6 Å². The number of nitrogens with one attached hydrogen (secondary N) is 2. The number of hydrogen-bond donors (Lipinski definition) is 2. The molecule has 17 heavy (non-hydrogen) atoms. The highest BCUT2D eigenvalue weighted by atomic mass is 32.2. The smallest absolute Gasteiger partial charge is 0.216 e. The fourth-order valence-electron chi connectivity index (χ4n) is 1.42. The molecule has 1 aromatic rings. The normalized spacial score (nSPS) is 15.7. The minimum absolute atomic E-state index is 0.348. The molecule has 2 unspecified atom stereocenters. The molecule has 1 aromatic heterocycles. The topological polar surface area (TPSA) is 71.3 Å². The molecule has 0 aliphatic rings. The third-order valence-corrected chi connectivity index (χ3v) is 4.43. The van der Waals surface area contributed by atoms with Crippen molar-refractivity contribution < 1.29 is 12.8 Å². The predicted molar refractivity (Wildman–Crippen MR) is 67.2 cm³/mol. The Morgan fingerprint density at radius 1 is 1.41 bits per heavy atom. The van der Waals surface area contributed by atoms with Crippen molar-refractivity contribution in [1.82, 2.24) is 10.0 Å². The molecule has 0 fully saturated rings. The maximum absolute atomic E-state index is 11.9. The van der Waals surface area contributed by atoms with Gasteiger partial charge in [-0.05, 0) is 32.5 Å². The average molecular weight is 260 g/mol. The van der Waals surface area contributed by atoms with E-state index in [0.717, 1.165) is 6.54 Å². The minimum atomic E-state index is -3.33. The van der Waals surface area contributed by atoms with Crippen LogP contribution in [-0.4, -0.2) is 26.8 Å². The lowest BCUT2D eigenvalue weighted by atomic mass is 10.3. The van der Waals surface area contributed by atoms with Gasteiger partial charge >= 0.3 is 0 Å². The van der Waals surface area contributed by atoms with Gasteiger partial charge in [-0.2, -0.15) is 0 Å². The number of furan rings is 1. The lowest BCUT2D eigenvalue weighted by Crippen LogP contribution is -2.39. The standard InChI is InChI=1S/C11H20N2O3S/c1-4-12-8-9(2)17(14,15)13-10(3)11-6-5-7-16-11/h5-7,9-10,12-13H,4,8H2,1-3H3. The van der Waals surface area contributed by atoms with Crippen LogP contribution in [0.5, 0.6) is 0 Å². The Labute approximate surface area is 103 Å². The highest BCUT2D eigenvalue weighted by Crippen LogP contribution is 2.14. The van der Waals surface area contributed by atoms with Gasteiger partial charge in [0.1, 0.15) is 5.76 Å². The van der Waals surface area contributed by atoms with Gasteiger partial charge in [0.25, 0.3) is 0 Å². The van der Waals surface area contributed by atoms with Crippen LogP contribution in [0.1, 0.15) is 32.6 Å². The molecule has 98 valence electrons. The van der Waals surface area contributed by atoms with E-state index in [9.17, 15) is 8.42 Å². The molecule has 0 radical (unpaired) electrons. The Kier molecular flexibility index (Phi) is 5.17. The summed E-state index contributed by atoms with van der Waals surface area (Å²) in [7, 11) is -3.33. The summed E-state index contributed by atoms with van der Waals surface area (Å²) in [5.74, 6) is 0.615. The Balaban J connectivity index is 2.60. The second kappa shape index (κ2) is 6.18. The molecule has 0 aliphatic heterocycles. The van der Waals surface area contributed by atoms with Crippen LogP contribution < -0.4 is 10.0 Å². The molecule has 1 rings (SSSR count). The van der Waals surface area contributed by atoms with Gasteiger partial charge in [0.2, 0.25) is 10.0 Å². The predicted octanol–water partition coefficient (Wildman–Crippen LogP) is 1.26. The van der Waals surface area contributed by atoms with Gasteiger partial charge in [0, 0.05) is 6.54 Å². The highest BCUT2D eigenvalue weighted by Gasteiger charge is 2.23. The van der Waals surface area contributed by atoms with Crippen molar-refractivity contribution in [1.29, 1.82) is 0 Å². The first-order valence-electron chi connectivity index (χ1n) is 5.72. The van der Waals surface area contributed by atoms with Crippen LogP contribution in [0, 0.1) is 0 Å². The number of sulfonamides is 1. The van der Waals surface area contributed by atoms with Crippen LogP contribution >= 0.6 is 0 Å². The molecule has 0 amide bonds. The van der Waals surface area contributed by atoms with Crippen molar-refractivity contribution in [2.24, 2.45) is 0 Å². The summed E-state index contributed by atoms with van der Waals surface area (Å²) in [6, 6.07) is 3.14. The third kappa shape index (κ3) is 4.14. The molecule has 2 N–H and O–H groups in total. The monoisotopic (exact) mass is 260 g/mol. The molecule has 0 saturated carbocycles. The van der Waals surface area contributed by atoms with Gasteiger partial charge in [-0.1, -0.05) is 6.92 Å². The van der Waals surface area contributed by atoms with E-state index in [1.165, 1.54) is 6.26 Å². The summed E-state index contributed by atoms with van der Waals surface area (Å²) in [4.78, 5) is 0. The first-order valence-corrected chi connectivity index (χ1v) is 7.27. The molecule has 0 spiro atoms. The second-order valence-corrected chi connectivity index (χ2v) is 6.15. The summed E-state index contributed by atoms with van der Waals surface area (Å²) >= 11 is 0. The summed E-state index contributed by atoms with van der Waals surface area (Å²) < 4.78 is 31.7. The van der Waals surface area contributed by atoms with Crippen molar-refractivity contribution >= 4 is 10.0 Å². The zero-order valence-corrected chi connectivity index (χ0v) is 11.3. The summed E-state index contributed by atoms with van der Waals surface area (Å²) in [6.07, 6.45) is 1.53. The maximum atomic E-state index is 11.9. The van der Waals surface area contributed by atoms with Crippen molar-refractivity contribution in [2.45, 2.75) is 32.1 Å². The Morgan fingerprint density at radius 2 is 2.12 bits per heavy atom. The van der Waals surface area contributed by atoms with E-state index in [4.69, 9.17) is 4.42 Å². The Bertz CT molecular complexity index is 414. The van der Waals surface area contributed by atoms with Crippen LogP contribution in [0.2, 0.25) is 0 Å². The van der Waals surface area contributed by atoms with Crippen LogP contribution in [0.4, 0.5) is 0 Å². The minimum Gasteiger partial charge on any atom is -0.468 e. The zero-order valence-electron chi connectivity index (χ0n) is 10.4. The fraction of sp³-hybridized carbons (Fsp3) is 0.636.